The number of nitrogen functional groups attached to an aromatic ring is 2. The summed E-state index contributed by atoms with van der Waals surface area (Å²) in [6, 6.07) is 7.48. The van der Waals surface area contributed by atoms with Gasteiger partial charge in [0.2, 0.25) is 5.95 Å². The Morgan fingerprint density at radius 3 is 2.52 bits per heavy atom. The highest BCUT2D eigenvalue weighted by atomic mass is 16.5. The van der Waals surface area contributed by atoms with Gasteiger partial charge in [-0.2, -0.15) is 4.98 Å². The molecule has 0 spiro atoms. The molecule has 0 saturated heterocycles. The van der Waals surface area contributed by atoms with E-state index in [1.807, 2.05) is 24.3 Å². The number of nitrogens with two attached hydrogens (primary N) is 2. The molecule has 25 heavy (non-hydrogen) atoms. The average Bonchev–Trinajstić information content (AvgIpc) is 3.11. The van der Waals surface area contributed by atoms with Crippen LogP contribution in [0, 0.1) is 0 Å². The van der Waals surface area contributed by atoms with Crippen LogP contribution in [0.5, 0.6) is 17.2 Å². The van der Waals surface area contributed by atoms with Crippen molar-refractivity contribution in [2.45, 2.75) is 19.8 Å². The Morgan fingerprint density at radius 1 is 1.12 bits per heavy atom. The second-order valence-electron chi connectivity index (χ2n) is 5.80. The maximum atomic E-state index is 5.99. The van der Waals surface area contributed by atoms with Gasteiger partial charge in [0, 0.05) is 5.56 Å². The van der Waals surface area contributed by atoms with Gasteiger partial charge in [0.05, 0.1) is 25.1 Å². The lowest BCUT2D eigenvalue weighted by molar-refractivity contribution is 0.410. The summed E-state index contributed by atoms with van der Waals surface area (Å²) in [5.74, 6) is 2.82. The number of methoxy groups -OCH3 is 1. The van der Waals surface area contributed by atoms with Crippen LogP contribution in [0.15, 0.2) is 41.1 Å². The first-order valence-corrected chi connectivity index (χ1v) is 7.81. The molecule has 0 amide bonds. The minimum Gasteiger partial charge on any atom is -0.496 e. The smallest absolute Gasteiger partial charge is 0.222 e. The second-order valence-corrected chi connectivity index (χ2v) is 5.80. The number of rotatable bonds is 5. The SMILES string of the molecule is COc1cc(C(C)C)c(Oc2cnc(N)nc2N)cc1-c1ccco1. The number of nitrogens with zero attached hydrogens (tertiary/aromatic N) is 2. The molecule has 3 rings (SSSR count). The predicted molar refractivity (Wildman–Crippen MR) is 95.7 cm³/mol. The molecular weight excluding hydrogens is 320 g/mol. The predicted octanol–water partition coefficient (Wildman–Crippen LogP) is 3.83. The van der Waals surface area contributed by atoms with Gasteiger partial charge in [0.25, 0.3) is 0 Å². The molecule has 0 saturated carbocycles. The topological polar surface area (TPSA) is 109 Å². The highest BCUT2D eigenvalue weighted by molar-refractivity contribution is 5.70. The van der Waals surface area contributed by atoms with Crippen molar-refractivity contribution in [2.24, 2.45) is 0 Å². The molecule has 7 nitrogen and oxygen atoms in total. The standard InChI is InChI=1S/C18H20N4O3/c1-10(2)11-7-14(23-3)12(13-5-4-6-24-13)8-15(11)25-16-9-21-18(20)22-17(16)19/h4-10H,1-3H3,(H4,19,20,21,22). The van der Waals surface area contributed by atoms with Gasteiger partial charge in [-0.15, -0.1) is 0 Å². The van der Waals surface area contributed by atoms with Crippen molar-refractivity contribution in [3.8, 4) is 28.6 Å². The van der Waals surface area contributed by atoms with E-state index in [4.69, 9.17) is 25.4 Å². The molecule has 2 aromatic heterocycles. The monoisotopic (exact) mass is 340 g/mol. The highest BCUT2D eigenvalue weighted by Gasteiger charge is 2.18. The first-order chi connectivity index (χ1) is 12.0. The third-order valence-corrected chi connectivity index (χ3v) is 3.76. The van der Waals surface area contributed by atoms with Gasteiger partial charge in [-0.3, -0.25) is 0 Å². The first kappa shape index (κ1) is 16.6. The lowest BCUT2D eigenvalue weighted by Crippen LogP contribution is -2.03. The van der Waals surface area contributed by atoms with Crippen molar-refractivity contribution in [3.05, 3.63) is 42.3 Å². The number of benzene rings is 1. The summed E-state index contributed by atoms with van der Waals surface area (Å²) in [7, 11) is 1.62. The van der Waals surface area contributed by atoms with Gasteiger partial charge in [-0.25, -0.2) is 4.98 Å². The molecule has 0 radical (unpaired) electrons. The molecule has 0 bridgehead atoms. The van der Waals surface area contributed by atoms with Crippen LogP contribution < -0.4 is 20.9 Å². The summed E-state index contributed by atoms with van der Waals surface area (Å²) in [5, 5.41) is 0. The molecule has 0 aliphatic rings. The zero-order valence-corrected chi connectivity index (χ0v) is 14.3. The van der Waals surface area contributed by atoms with Crippen molar-refractivity contribution in [3.63, 3.8) is 0 Å². The fourth-order valence-corrected chi connectivity index (χ4v) is 2.50. The van der Waals surface area contributed by atoms with Crippen molar-refractivity contribution in [2.75, 3.05) is 18.6 Å². The average molecular weight is 340 g/mol. The van der Waals surface area contributed by atoms with E-state index in [0.29, 0.717) is 23.0 Å². The third-order valence-electron chi connectivity index (χ3n) is 3.76. The Hall–Kier alpha value is -3.22. The lowest BCUT2D eigenvalue weighted by atomic mass is 9.98. The zero-order chi connectivity index (χ0) is 18.0. The van der Waals surface area contributed by atoms with Gasteiger partial charge in [-0.1, -0.05) is 13.8 Å². The number of anilines is 2. The molecular formula is C18H20N4O3. The van der Waals surface area contributed by atoms with Crippen LogP contribution >= 0.6 is 0 Å². The van der Waals surface area contributed by atoms with Gasteiger partial charge < -0.3 is 25.4 Å². The molecule has 4 N–H and O–H groups in total. The van der Waals surface area contributed by atoms with Crippen LogP contribution in [0.2, 0.25) is 0 Å². The summed E-state index contributed by atoms with van der Waals surface area (Å²) < 4.78 is 17.0. The molecule has 0 fully saturated rings. The largest absolute Gasteiger partial charge is 0.496 e. The molecule has 2 heterocycles. The molecule has 1 aromatic carbocycles. The van der Waals surface area contributed by atoms with E-state index in [9.17, 15) is 0 Å². The Bertz CT molecular complexity index is 876. The minimum absolute atomic E-state index is 0.0972. The number of ether oxygens (including phenoxy) is 2. The van der Waals surface area contributed by atoms with Crippen molar-refractivity contribution in [1.82, 2.24) is 9.97 Å². The summed E-state index contributed by atoms with van der Waals surface area (Å²) in [6.45, 7) is 4.13. The van der Waals surface area contributed by atoms with Gasteiger partial charge >= 0.3 is 0 Å². The van der Waals surface area contributed by atoms with E-state index in [2.05, 4.69) is 23.8 Å². The van der Waals surface area contributed by atoms with E-state index < -0.39 is 0 Å². The summed E-state index contributed by atoms with van der Waals surface area (Å²) >= 11 is 0. The number of furan rings is 1. The van der Waals surface area contributed by atoms with E-state index in [0.717, 1.165) is 11.1 Å². The quantitative estimate of drug-likeness (QED) is 0.726. The van der Waals surface area contributed by atoms with Gasteiger partial charge in [-0.05, 0) is 30.2 Å². The Balaban J connectivity index is 2.11. The molecule has 0 atom stereocenters. The number of aromatic nitrogens is 2. The fraction of sp³-hybridized carbons (Fsp3) is 0.222. The van der Waals surface area contributed by atoms with Gasteiger partial charge in [0.1, 0.15) is 17.3 Å². The first-order valence-electron chi connectivity index (χ1n) is 7.81. The fourth-order valence-electron chi connectivity index (χ4n) is 2.50. The summed E-state index contributed by atoms with van der Waals surface area (Å²) in [4.78, 5) is 7.86. The number of hydrogen-bond donors (Lipinski definition) is 2. The van der Waals surface area contributed by atoms with Crippen LogP contribution in [0.3, 0.4) is 0 Å². The summed E-state index contributed by atoms with van der Waals surface area (Å²) in [6.07, 6.45) is 3.07. The molecule has 3 aromatic rings. The van der Waals surface area contributed by atoms with Crippen molar-refractivity contribution in [1.29, 1.82) is 0 Å². The van der Waals surface area contributed by atoms with Gasteiger partial charge in [0.15, 0.2) is 11.6 Å². The molecule has 0 aliphatic heterocycles. The highest BCUT2D eigenvalue weighted by Crippen LogP contribution is 2.41. The van der Waals surface area contributed by atoms with E-state index >= 15 is 0 Å². The Labute approximate surface area is 145 Å². The Kier molecular flexibility index (Phi) is 4.47. The maximum absolute atomic E-state index is 5.99. The summed E-state index contributed by atoms with van der Waals surface area (Å²) in [5.41, 5.74) is 13.2. The van der Waals surface area contributed by atoms with Crippen LogP contribution in [0.1, 0.15) is 25.3 Å². The third kappa shape index (κ3) is 3.35. The molecule has 7 heteroatoms. The second kappa shape index (κ2) is 6.72. The normalized spacial score (nSPS) is 10.9. The molecule has 0 unspecified atom stereocenters. The number of hydrogen-bond acceptors (Lipinski definition) is 7. The van der Waals surface area contributed by atoms with Crippen LogP contribution in [-0.2, 0) is 0 Å². The van der Waals surface area contributed by atoms with Crippen LogP contribution in [0.4, 0.5) is 11.8 Å². The Morgan fingerprint density at radius 2 is 1.92 bits per heavy atom. The minimum atomic E-state index is 0.0972. The van der Waals surface area contributed by atoms with E-state index in [1.54, 1.807) is 13.4 Å². The zero-order valence-electron chi connectivity index (χ0n) is 14.3. The van der Waals surface area contributed by atoms with Crippen molar-refractivity contribution >= 4 is 11.8 Å². The molecule has 0 aliphatic carbocycles. The van der Waals surface area contributed by atoms with Crippen molar-refractivity contribution < 1.29 is 13.9 Å². The van der Waals surface area contributed by atoms with E-state index in [1.165, 1.54) is 6.20 Å². The lowest BCUT2D eigenvalue weighted by Gasteiger charge is -2.18. The maximum Gasteiger partial charge on any atom is 0.222 e. The molecule has 130 valence electrons. The van der Waals surface area contributed by atoms with Crippen LogP contribution in [-0.4, -0.2) is 17.1 Å². The van der Waals surface area contributed by atoms with E-state index in [-0.39, 0.29) is 17.7 Å². The van der Waals surface area contributed by atoms with Crippen LogP contribution in [0.25, 0.3) is 11.3 Å².